The first kappa shape index (κ1) is 19.5. The molecule has 0 radical (unpaired) electrons. The Hall–Kier alpha value is 1.19. The van der Waals surface area contributed by atoms with Crippen molar-refractivity contribution in [3.63, 3.8) is 0 Å². The van der Waals surface area contributed by atoms with E-state index in [9.17, 15) is 0 Å². The molecular formula is C10H28O2Si3Zn. The van der Waals surface area contributed by atoms with Gasteiger partial charge in [0.2, 0.25) is 0 Å². The van der Waals surface area contributed by atoms with Crippen LogP contribution < -0.4 is 0 Å². The molecule has 0 N–H and O–H groups in total. The van der Waals surface area contributed by atoms with Crippen LogP contribution in [0.3, 0.4) is 0 Å². The van der Waals surface area contributed by atoms with Gasteiger partial charge in [0.25, 0.3) is 10.0 Å². The van der Waals surface area contributed by atoms with Gasteiger partial charge in [-0.1, -0.05) is 58.3 Å². The fraction of sp³-hybridized carbons (Fsp3) is 1.00. The molecule has 0 heterocycles. The maximum Gasteiger partial charge on any atom is 0.282 e. The standard InChI is InChI=1S/C10H28O2Si3.Zn/c1-2-3-4-5-6-7-8-9-10-14-12-15-11-13;/h2-10,14-15H2,1,13H3;. The largest absolute Gasteiger partial charge is 0.449 e. The summed E-state index contributed by atoms with van der Waals surface area (Å²) >= 11 is 0. The monoisotopic (exact) mass is 328 g/mol. The predicted molar refractivity (Wildman–Crippen MR) is 76.6 cm³/mol. The average Bonchev–Trinajstić information content (AvgIpc) is 2.26. The molecule has 94 valence electrons. The van der Waals surface area contributed by atoms with Crippen molar-refractivity contribution in [3.05, 3.63) is 0 Å². The van der Waals surface area contributed by atoms with Gasteiger partial charge >= 0.3 is 0 Å². The van der Waals surface area contributed by atoms with Gasteiger partial charge in [-0.05, 0) is 6.04 Å². The fourth-order valence-corrected chi connectivity index (χ4v) is 5.67. The van der Waals surface area contributed by atoms with Gasteiger partial charge in [0, 0.05) is 19.5 Å². The van der Waals surface area contributed by atoms with E-state index in [4.69, 9.17) is 8.23 Å². The molecule has 16 heavy (non-hydrogen) atoms. The summed E-state index contributed by atoms with van der Waals surface area (Å²) in [7, 11) is 0.172. The maximum atomic E-state index is 5.53. The molecule has 0 aliphatic heterocycles. The van der Waals surface area contributed by atoms with E-state index >= 15 is 0 Å². The summed E-state index contributed by atoms with van der Waals surface area (Å²) in [5.41, 5.74) is 0. The zero-order valence-corrected chi connectivity index (χ0v) is 19.1. The van der Waals surface area contributed by atoms with Crippen LogP contribution >= 0.6 is 0 Å². The summed E-state index contributed by atoms with van der Waals surface area (Å²) in [4.78, 5) is 0. The van der Waals surface area contributed by atoms with E-state index in [0.717, 1.165) is 10.5 Å². The van der Waals surface area contributed by atoms with Gasteiger partial charge in [0.1, 0.15) is 20.2 Å². The van der Waals surface area contributed by atoms with Gasteiger partial charge in [-0.2, -0.15) is 0 Å². The Labute approximate surface area is 122 Å². The van der Waals surface area contributed by atoms with Crippen molar-refractivity contribution in [1.29, 1.82) is 0 Å². The van der Waals surface area contributed by atoms with Gasteiger partial charge in [0.15, 0.2) is 0 Å². The second-order valence-corrected chi connectivity index (χ2v) is 9.44. The van der Waals surface area contributed by atoms with Gasteiger partial charge in [-0.25, -0.2) is 0 Å². The Bertz CT molecular complexity index is 108. The molecule has 0 aromatic heterocycles. The summed E-state index contributed by atoms with van der Waals surface area (Å²) in [6.45, 7) is 2.27. The average molecular weight is 330 g/mol. The normalized spacial score (nSPS) is 11.8. The van der Waals surface area contributed by atoms with Gasteiger partial charge in [-0.15, -0.1) is 0 Å². The molecule has 0 saturated heterocycles. The van der Waals surface area contributed by atoms with E-state index in [1.165, 1.54) is 57.4 Å². The minimum Gasteiger partial charge on any atom is -0.449 e. The van der Waals surface area contributed by atoms with Crippen molar-refractivity contribution in [1.82, 2.24) is 0 Å². The Kier molecular flexibility index (Phi) is 22.7. The minimum absolute atomic E-state index is 0. The number of rotatable bonds is 12. The Morgan fingerprint density at radius 1 is 0.938 bits per heavy atom. The van der Waals surface area contributed by atoms with E-state index in [1.807, 2.05) is 0 Å². The van der Waals surface area contributed by atoms with Crippen molar-refractivity contribution >= 4 is 30.3 Å². The molecule has 0 amide bonds. The first-order valence-electron chi connectivity index (χ1n) is 6.48. The van der Waals surface area contributed by atoms with Crippen LogP contribution in [-0.4, -0.2) is 30.3 Å². The van der Waals surface area contributed by atoms with Crippen LogP contribution in [-0.2, 0) is 27.7 Å². The van der Waals surface area contributed by atoms with Crippen molar-refractivity contribution in [2.45, 2.75) is 64.3 Å². The third-order valence-corrected chi connectivity index (χ3v) is 6.15. The van der Waals surface area contributed by atoms with Crippen molar-refractivity contribution in [3.8, 4) is 0 Å². The van der Waals surface area contributed by atoms with Crippen LogP contribution in [0.2, 0.25) is 6.04 Å². The summed E-state index contributed by atoms with van der Waals surface area (Å²) in [6, 6.07) is 1.37. The fourth-order valence-electron chi connectivity index (χ4n) is 1.66. The van der Waals surface area contributed by atoms with Crippen LogP contribution in [0.25, 0.3) is 0 Å². The van der Waals surface area contributed by atoms with E-state index in [-0.39, 0.29) is 29.2 Å². The molecule has 0 aromatic rings. The van der Waals surface area contributed by atoms with Gasteiger partial charge in [0.05, 0.1) is 0 Å². The summed E-state index contributed by atoms with van der Waals surface area (Å²) in [5.74, 6) is 0. The topological polar surface area (TPSA) is 18.5 Å². The van der Waals surface area contributed by atoms with E-state index in [1.54, 1.807) is 0 Å². The molecular weight excluding hydrogens is 302 g/mol. The Balaban J connectivity index is 0. The van der Waals surface area contributed by atoms with Gasteiger partial charge < -0.3 is 8.23 Å². The van der Waals surface area contributed by atoms with Crippen LogP contribution in [0.15, 0.2) is 0 Å². The summed E-state index contributed by atoms with van der Waals surface area (Å²) in [6.07, 6.45) is 11.4. The quantitative estimate of drug-likeness (QED) is 0.392. The molecule has 0 saturated carbocycles. The van der Waals surface area contributed by atoms with Crippen molar-refractivity contribution < 1.29 is 27.7 Å². The number of hydrogen-bond donors (Lipinski definition) is 0. The Morgan fingerprint density at radius 2 is 1.50 bits per heavy atom. The van der Waals surface area contributed by atoms with Crippen LogP contribution in [0, 0.1) is 0 Å². The SMILES string of the molecule is CCCCCCCCCC[SiH2]O[SiH2]O[SiH3].[Zn]. The second kappa shape index (κ2) is 18.6. The first-order valence-corrected chi connectivity index (χ1v) is 10.0. The molecule has 0 unspecified atom stereocenters. The summed E-state index contributed by atoms with van der Waals surface area (Å²) in [5, 5.41) is 0. The molecule has 2 nitrogen and oxygen atoms in total. The van der Waals surface area contributed by atoms with Crippen molar-refractivity contribution in [2.24, 2.45) is 0 Å². The maximum absolute atomic E-state index is 5.53. The number of unbranched alkanes of at least 4 members (excludes halogenated alkanes) is 7. The molecule has 0 atom stereocenters. The van der Waals surface area contributed by atoms with Gasteiger partial charge in [-0.3, -0.25) is 0 Å². The first-order chi connectivity index (χ1) is 7.41. The van der Waals surface area contributed by atoms with Crippen molar-refractivity contribution in [2.75, 3.05) is 0 Å². The molecule has 0 spiro atoms. The second-order valence-electron chi connectivity index (χ2n) is 4.14. The zero-order valence-electron chi connectivity index (χ0n) is 11.3. The van der Waals surface area contributed by atoms with Crippen LogP contribution in [0.1, 0.15) is 58.3 Å². The van der Waals surface area contributed by atoms with E-state index in [0.29, 0.717) is 0 Å². The van der Waals surface area contributed by atoms with Crippen LogP contribution in [0.4, 0.5) is 0 Å². The summed E-state index contributed by atoms with van der Waals surface area (Å²) < 4.78 is 10.6. The third kappa shape index (κ3) is 17.6. The molecule has 0 fully saturated rings. The molecule has 6 heteroatoms. The molecule has 0 aromatic carbocycles. The minimum atomic E-state index is -0.508. The zero-order chi connectivity index (χ0) is 11.2. The van der Waals surface area contributed by atoms with Crippen LogP contribution in [0.5, 0.6) is 0 Å². The molecule has 0 bridgehead atoms. The number of hydrogen-bond acceptors (Lipinski definition) is 2. The molecule has 0 aliphatic rings. The predicted octanol–water partition coefficient (Wildman–Crippen LogP) is 0.939. The third-order valence-electron chi connectivity index (χ3n) is 2.59. The molecule has 0 rings (SSSR count). The molecule has 0 aliphatic carbocycles. The Morgan fingerprint density at radius 3 is 2.06 bits per heavy atom. The van der Waals surface area contributed by atoms with E-state index < -0.39 is 10.0 Å². The smallest absolute Gasteiger partial charge is 0.282 e. The van der Waals surface area contributed by atoms with E-state index in [2.05, 4.69) is 6.92 Å².